The molecule has 90 valence electrons. The van der Waals surface area contributed by atoms with Crippen molar-refractivity contribution in [3.05, 3.63) is 16.8 Å². The van der Waals surface area contributed by atoms with Crippen molar-refractivity contribution in [2.45, 2.75) is 11.3 Å². The summed E-state index contributed by atoms with van der Waals surface area (Å²) in [7, 11) is 1.98. The molecule has 0 saturated carbocycles. The second-order valence-electron chi connectivity index (χ2n) is 2.60. The highest BCUT2D eigenvalue weighted by atomic mass is 35.7. The van der Waals surface area contributed by atoms with Gasteiger partial charge in [-0.1, -0.05) is 11.6 Å². The van der Waals surface area contributed by atoms with Crippen molar-refractivity contribution in [1.82, 2.24) is 4.98 Å². The van der Waals surface area contributed by atoms with Crippen LogP contribution in [0, 0.1) is 0 Å². The van der Waals surface area contributed by atoms with Gasteiger partial charge in [0.2, 0.25) is 5.88 Å². The van der Waals surface area contributed by atoms with Gasteiger partial charge in [-0.05, 0) is 6.07 Å². The predicted octanol–water partition coefficient (Wildman–Crippen LogP) is 2.61. The van der Waals surface area contributed by atoms with Crippen LogP contribution in [-0.4, -0.2) is 20.5 Å². The molecule has 16 heavy (non-hydrogen) atoms. The normalized spacial score (nSPS) is 11.9. The Labute approximate surface area is 99.6 Å². The van der Waals surface area contributed by atoms with Crippen molar-refractivity contribution in [3.63, 3.8) is 0 Å². The summed E-state index contributed by atoms with van der Waals surface area (Å²) in [4.78, 5) is 2.74. The van der Waals surface area contributed by atoms with Crippen LogP contribution in [0.5, 0.6) is 5.88 Å². The van der Waals surface area contributed by atoms with E-state index in [4.69, 9.17) is 22.3 Å². The van der Waals surface area contributed by atoms with Gasteiger partial charge in [0.25, 0.3) is 15.5 Å². The third kappa shape index (κ3) is 2.72. The van der Waals surface area contributed by atoms with E-state index in [0.717, 1.165) is 13.2 Å². The van der Waals surface area contributed by atoms with Crippen LogP contribution in [0.2, 0.25) is 5.02 Å². The molecule has 1 aromatic heterocycles. The number of alkyl halides is 2. The molecule has 0 aliphatic heterocycles. The van der Waals surface area contributed by atoms with Crippen LogP contribution < -0.4 is 4.74 Å². The fraction of sp³-hybridized carbons (Fsp3) is 0.286. The minimum atomic E-state index is -4.16. The summed E-state index contributed by atoms with van der Waals surface area (Å²) in [5.74, 6) is -0.519. The first-order chi connectivity index (χ1) is 7.27. The van der Waals surface area contributed by atoms with Gasteiger partial charge in [0, 0.05) is 10.7 Å². The van der Waals surface area contributed by atoms with Crippen molar-refractivity contribution in [1.29, 1.82) is 0 Å². The van der Waals surface area contributed by atoms with E-state index < -0.39 is 37.0 Å². The first kappa shape index (κ1) is 13.4. The van der Waals surface area contributed by atoms with Crippen molar-refractivity contribution >= 4 is 31.3 Å². The number of hydrogen-bond acceptors (Lipinski definition) is 4. The lowest BCUT2D eigenvalue weighted by Crippen LogP contribution is -2.02. The van der Waals surface area contributed by atoms with Crippen LogP contribution >= 0.6 is 22.3 Å². The van der Waals surface area contributed by atoms with E-state index in [1.807, 2.05) is 0 Å². The molecule has 4 nitrogen and oxygen atoms in total. The molecule has 1 heterocycles. The van der Waals surface area contributed by atoms with Crippen LogP contribution in [0.15, 0.2) is 11.0 Å². The Bertz CT molecular complexity index is 507. The number of pyridine rings is 1. The molecule has 0 aliphatic carbocycles. The second-order valence-corrected chi connectivity index (χ2v) is 5.54. The van der Waals surface area contributed by atoms with Crippen LogP contribution in [-0.2, 0) is 9.05 Å². The van der Waals surface area contributed by atoms with E-state index in [2.05, 4.69) is 9.72 Å². The molecule has 0 bridgehead atoms. The molecule has 0 N–H and O–H groups in total. The Kier molecular flexibility index (Phi) is 3.92. The lowest BCUT2D eigenvalue weighted by atomic mass is 10.3. The maximum Gasteiger partial charge on any atom is 0.281 e. The van der Waals surface area contributed by atoms with E-state index in [9.17, 15) is 17.2 Å². The van der Waals surface area contributed by atoms with Gasteiger partial charge in [-0.3, -0.25) is 0 Å². The quantitative estimate of drug-likeness (QED) is 0.803. The number of halogens is 4. The Hall–Kier alpha value is -0.660. The van der Waals surface area contributed by atoms with Crippen LogP contribution in [0.1, 0.15) is 12.1 Å². The number of methoxy groups -OCH3 is 1. The number of rotatable bonds is 3. The van der Waals surface area contributed by atoms with E-state index in [-0.39, 0.29) is 0 Å². The highest BCUT2D eigenvalue weighted by Gasteiger charge is 2.24. The van der Waals surface area contributed by atoms with E-state index in [1.165, 1.54) is 0 Å². The molecule has 0 fully saturated rings. The smallest absolute Gasteiger partial charge is 0.281 e. The summed E-state index contributed by atoms with van der Waals surface area (Å²) in [6.45, 7) is 0. The zero-order chi connectivity index (χ0) is 12.5. The topological polar surface area (TPSA) is 56.3 Å². The van der Waals surface area contributed by atoms with E-state index in [0.29, 0.717) is 0 Å². The van der Waals surface area contributed by atoms with Crippen LogP contribution in [0.4, 0.5) is 8.78 Å². The lowest BCUT2D eigenvalue weighted by molar-refractivity contribution is 0.145. The fourth-order valence-electron chi connectivity index (χ4n) is 0.943. The highest BCUT2D eigenvalue weighted by Crippen LogP contribution is 2.33. The molecule has 0 amide bonds. The summed E-state index contributed by atoms with van der Waals surface area (Å²) in [5, 5.41) is -0.491. The Morgan fingerprint density at radius 1 is 1.50 bits per heavy atom. The third-order valence-electron chi connectivity index (χ3n) is 1.60. The second kappa shape index (κ2) is 4.68. The third-order valence-corrected chi connectivity index (χ3v) is 3.22. The van der Waals surface area contributed by atoms with Crippen molar-refractivity contribution in [2.24, 2.45) is 0 Å². The predicted molar refractivity (Wildman–Crippen MR) is 53.8 cm³/mol. The molecule has 1 aromatic rings. The number of nitrogens with zero attached hydrogens (tertiary/aromatic N) is 1. The molecule has 0 radical (unpaired) electrons. The van der Waals surface area contributed by atoms with Crippen molar-refractivity contribution in [2.75, 3.05) is 7.11 Å². The summed E-state index contributed by atoms with van der Waals surface area (Å²) in [5.41, 5.74) is -0.761. The molecule has 0 atom stereocenters. The van der Waals surface area contributed by atoms with Gasteiger partial charge < -0.3 is 4.74 Å². The summed E-state index contributed by atoms with van der Waals surface area (Å²) in [6, 6.07) is 0.775. The number of ether oxygens (including phenoxy) is 1. The summed E-state index contributed by atoms with van der Waals surface area (Å²) < 4.78 is 51.4. The van der Waals surface area contributed by atoms with Crippen molar-refractivity contribution in [3.8, 4) is 5.88 Å². The molecule has 9 heteroatoms. The average Bonchev–Trinajstić information content (AvgIpc) is 2.15. The minimum Gasteiger partial charge on any atom is -0.480 e. The Balaban J connectivity index is 3.51. The monoisotopic (exact) mass is 291 g/mol. The summed E-state index contributed by atoms with van der Waals surface area (Å²) in [6.07, 6.45) is -2.94. The molecule has 0 saturated heterocycles. The van der Waals surface area contributed by atoms with E-state index >= 15 is 0 Å². The van der Waals surface area contributed by atoms with Gasteiger partial charge in [-0.15, -0.1) is 0 Å². The zero-order valence-corrected chi connectivity index (χ0v) is 10.1. The standard InChI is InChI=1S/C7H5Cl2F2NO3S/c1-15-7-4(16(9,13)14)2-3(8)5(12-7)6(10)11/h2,6H,1H3. The van der Waals surface area contributed by atoms with Gasteiger partial charge in [0.1, 0.15) is 10.6 Å². The SMILES string of the molecule is COc1nc(C(F)F)c(Cl)cc1S(=O)(=O)Cl. The van der Waals surface area contributed by atoms with Gasteiger partial charge in [0.15, 0.2) is 0 Å². The fourth-order valence-corrected chi connectivity index (χ4v) is 2.17. The Morgan fingerprint density at radius 2 is 2.06 bits per heavy atom. The molecule has 0 unspecified atom stereocenters. The average molecular weight is 292 g/mol. The number of aromatic nitrogens is 1. The number of hydrogen-bond donors (Lipinski definition) is 0. The van der Waals surface area contributed by atoms with Gasteiger partial charge >= 0.3 is 0 Å². The largest absolute Gasteiger partial charge is 0.480 e. The summed E-state index contributed by atoms with van der Waals surface area (Å²) >= 11 is 5.44. The maximum absolute atomic E-state index is 12.4. The minimum absolute atomic E-state index is 0.491. The highest BCUT2D eigenvalue weighted by molar-refractivity contribution is 8.13. The Morgan fingerprint density at radius 3 is 2.44 bits per heavy atom. The van der Waals surface area contributed by atoms with Gasteiger partial charge in [0.05, 0.1) is 12.1 Å². The molecule has 0 aliphatic rings. The van der Waals surface area contributed by atoms with Crippen molar-refractivity contribution < 1.29 is 21.9 Å². The van der Waals surface area contributed by atoms with Gasteiger partial charge in [-0.2, -0.15) is 0 Å². The van der Waals surface area contributed by atoms with Crippen LogP contribution in [0.25, 0.3) is 0 Å². The molecule has 1 rings (SSSR count). The first-order valence-electron chi connectivity index (χ1n) is 3.74. The molecule has 0 aromatic carbocycles. The molecular weight excluding hydrogens is 287 g/mol. The van der Waals surface area contributed by atoms with E-state index in [1.54, 1.807) is 0 Å². The van der Waals surface area contributed by atoms with Crippen LogP contribution in [0.3, 0.4) is 0 Å². The first-order valence-corrected chi connectivity index (χ1v) is 6.43. The zero-order valence-electron chi connectivity index (χ0n) is 7.75. The maximum atomic E-state index is 12.4. The lowest BCUT2D eigenvalue weighted by Gasteiger charge is -2.08. The van der Waals surface area contributed by atoms with Gasteiger partial charge in [-0.25, -0.2) is 22.2 Å². The molecular formula is C7H5Cl2F2NO3S. The molecule has 0 spiro atoms.